The van der Waals surface area contributed by atoms with Gasteiger partial charge in [-0.2, -0.15) is 6.92 Å². The second-order valence-corrected chi connectivity index (χ2v) is 3.70. The van der Waals surface area contributed by atoms with Crippen molar-refractivity contribution in [2.24, 2.45) is 5.92 Å². The molecule has 0 aromatic carbocycles. The van der Waals surface area contributed by atoms with Crippen molar-refractivity contribution in [3.8, 4) is 0 Å². The summed E-state index contributed by atoms with van der Waals surface area (Å²) in [5.41, 5.74) is -0.227. The van der Waals surface area contributed by atoms with Crippen LogP contribution in [0.4, 0.5) is 0 Å². The minimum Gasteiger partial charge on any atom is -0.629 e. The van der Waals surface area contributed by atoms with E-state index >= 15 is 0 Å². The van der Waals surface area contributed by atoms with E-state index in [4.69, 9.17) is 4.74 Å². The Morgan fingerprint density at radius 3 is 2.00 bits per heavy atom. The molecule has 1 aliphatic heterocycles. The maximum Gasteiger partial charge on any atom is 2.00 e. The van der Waals surface area contributed by atoms with Crippen molar-refractivity contribution in [3.05, 3.63) is 12.2 Å². The first kappa shape index (κ1) is 16.0. The van der Waals surface area contributed by atoms with Crippen molar-refractivity contribution in [3.63, 3.8) is 0 Å². The van der Waals surface area contributed by atoms with Gasteiger partial charge in [-0.1, -0.05) is 33.6 Å². The summed E-state index contributed by atoms with van der Waals surface area (Å²) in [6.45, 7) is 14.2. The maximum absolute atomic E-state index is 5.45. The fraction of sp³-hybridized carbons (Fsp3) is 0.900. The van der Waals surface area contributed by atoms with Gasteiger partial charge in [-0.15, -0.1) is 6.04 Å². The zero-order valence-corrected chi connectivity index (χ0v) is 12.6. The van der Waals surface area contributed by atoms with Gasteiger partial charge in [0.2, 0.25) is 0 Å². The molecule has 74 valence electrons. The first-order valence-corrected chi connectivity index (χ1v) is 4.58. The van der Waals surface area contributed by atoms with Crippen LogP contribution in [-0.4, -0.2) is 18.4 Å². The van der Waals surface area contributed by atoms with Crippen molar-refractivity contribution in [1.29, 1.82) is 0 Å². The van der Waals surface area contributed by atoms with Crippen LogP contribution in [0, 0.1) is 12.8 Å². The number of ether oxygens (including phenoxy) is 1. The fourth-order valence-corrected chi connectivity index (χ4v) is 1.10. The number of hydrogen-bond donors (Lipinski definition) is 0. The van der Waals surface area contributed by atoms with Crippen LogP contribution >= 0.6 is 0 Å². The summed E-state index contributed by atoms with van der Waals surface area (Å²) in [5, 5.41) is 4.50. The Morgan fingerprint density at radius 2 is 1.85 bits per heavy atom. The third-order valence-corrected chi connectivity index (χ3v) is 1.85. The smallest absolute Gasteiger partial charge is 0.629 e. The second kappa shape index (κ2) is 6.92. The number of nitrogens with zero attached hydrogens (tertiary/aromatic N) is 1. The van der Waals surface area contributed by atoms with E-state index in [1.165, 1.54) is 0 Å². The predicted molar refractivity (Wildman–Crippen MR) is 53.0 cm³/mol. The van der Waals surface area contributed by atoms with E-state index in [9.17, 15) is 0 Å². The van der Waals surface area contributed by atoms with E-state index < -0.39 is 0 Å². The van der Waals surface area contributed by atoms with E-state index in [1.54, 1.807) is 6.92 Å². The van der Waals surface area contributed by atoms with Gasteiger partial charge >= 0.3 is 19.5 Å². The summed E-state index contributed by atoms with van der Waals surface area (Å²) in [6, 6.07) is 0.412. The van der Waals surface area contributed by atoms with Crippen molar-refractivity contribution < 1.29 is 24.2 Å². The molecule has 0 aliphatic carbocycles. The molecule has 1 saturated heterocycles. The molecule has 0 aromatic rings. The molecule has 1 aliphatic rings. The van der Waals surface area contributed by atoms with E-state index in [0.29, 0.717) is 12.0 Å². The predicted octanol–water partition coefficient (Wildman–Crippen LogP) is 2.99. The van der Waals surface area contributed by atoms with Gasteiger partial charge in [0.1, 0.15) is 0 Å². The quantitative estimate of drug-likeness (QED) is 0.507. The molecule has 1 rings (SSSR count). The average molecular weight is 237 g/mol. The molecule has 1 fully saturated rings. The Kier molecular flexibility index (Phi) is 8.51. The Labute approximate surface area is 95.6 Å². The zero-order valence-electron chi connectivity index (χ0n) is 9.63. The molecule has 0 amide bonds. The standard InChI is InChI=1S/C8H16NO.C2H5.Zn/c1-6(2)7-5-10-8(3,4)9-7;1-2;/h6-7H,5H2,1-4H3;1H2,2H3;/q2*-1;+2/t7-;;/m1../s1. The molecule has 0 radical (unpaired) electrons. The largest absolute Gasteiger partial charge is 2.00 e. The van der Waals surface area contributed by atoms with Crippen molar-refractivity contribution in [1.82, 2.24) is 0 Å². The van der Waals surface area contributed by atoms with E-state index in [1.807, 2.05) is 13.8 Å². The topological polar surface area (TPSA) is 23.3 Å². The maximum atomic E-state index is 5.45. The number of rotatable bonds is 1. The third-order valence-electron chi connectivity index (χ3n) is 1.85. The summed E-state index contributed by atoms with van der Waals surface area (Å²) in [4.78, 5) is 0. The van der Waals surface area contributed by atoms with Crippen molar-refractivity contribution in [2.45, 2.75) is 46.4 Å². The van der Waals surface area contributed by atoms with Crippen molar-refractivity contribution in [2.75, 3.05) is 6.61 Å². The van der Waals surface area contributed by atoms with Crippen molar-refractivity contribution >= 4 is 0 Å². The van der Waals surface area contributed by atoms with Crippen LogP contribution in [0.2, 0.25) is 0 Å². The Morgan fingerprint density at radius 1 is 1.38 bits per heavy atom. The zero-order chi connectivity index (χ0) is 9.78. The monoisotopic (exact) mass is 235 g/mol. The van der Waals surface area contributed by atoms with Gasteiger partial charge in [-0.05, 0) is 5.72 Å². The summed E-state index contributed by atoms with van der Waals surface area (Å²) >= 11 is 0. The van der Waals surface area contributed by atoms with Gasteiger partial charge in [-0.3, -0.25) is 0 Å². The van der Waals surface area contributed by atoms with Gasteiger partial charge in [0.05, 0.1) is 0 Å². The Hall–Kier alpha value is 0.543. The molecular weight excluding hydrogens is 216 g/mol. The normalized spacial score (nSPS) is 24.7. The van der Waals surface area contributed by atoms with Crippen LogP contribution in [0.1, 0.15) is 34.6 Å². The van der Waals surface area contributed by atoms with Crippen LogP contribution in [0.3, 0.4) is 0 Å². The minimum atomic E-state index is -0.227. The van der Waals surface area contributed by atoms with Crippen LogP contribution in [-0.2, 0) is 24.2 Å². The molecule has 0 spiro atoms. The molecule has 13 heavy (non-hydrogen) atoms. The molecule has 0 bridgehead atoms. The number of hydrogen-bond acceptors (Lipinski definition) is 1. The Balaban J connectivity index is 0. The molecule has 1 heterocycles. The van der Waals surface area contributed by atoms with E-state index in [2.05, 4.69) is 26.1 Å². The molecule has 0 saturated carbocycles. The molecule has 0 unspecified atom stereocenters. The molecule has 0 aromatic heterocycles. The molecule has 3 heteroatoms. The average Bonchev–Trinajstić information content (AvgIpc) is 2.35. The third kappa shape index (κ3) is 5.77. The SMILES string of the molecule is CC(C)[C@H]1COC(C)(C)[N-]1.[CH2-]C.[Zn+2]. The van der Waals surface area contributed by atoms with Gasteiger partial charge < -0.3 is 17.0 Å². The van der Waals surface area contributed by atoms with Gasteiger partial charge in [0.25, 0.3) is 0 Å². The summed E-state index contributed by atoms with van der Waals surface area (Å²) in [6.07, 6.45) is 0. The first-order valence-electron chi connectivity index (χ1n) is 4.58. The fourth-order valence-electron chi connectivity index (χ4n) is 1.10. The van der Waals surface area contributed by atoms with Gasteiger partial charge in [0.15, 0.2) is 0 Å². The summed E-state index contributed by atoms with van der Waals surface area (Å²) in [7, 11) is 0. The Bertz CT molecular complexity index is 126. The van der Waals surface area contributed by atoms with Crippen LogP contribution in [0.5, 0.6) is 0 Å². The first-order chi connectivity index (χ1) is 5.51. The minimum absolute atomic E-state index is 0. The molecular formula is C10H21NOZn. The molecule has 2 nitrogen and oxygen atoms in total. The molecule has 1 atom stereocenters. The van der Waals surface area contributed by atoms with Crippen LogP contribution in [0.25, 0.3) is 5.32 Å². The van der Waals surface area contributed by atoms with Crippen LogP contribution in [0.15, 0.2) is 0 Å². The van der Waals surface area contributed by atoms with Gasteiger partial charge in [-0.25, -0.2) is 0 Å². The van der Waals surface area contributed by atoms with E-state index in [0.717, 1.165) is 6.61 Å². The second-order valence-electron chi connectivity index (χ2n) is 3.70. The van der Waals surface area contributed by atoms with E-state index in [-0.39, 0.29) is 25.2 Å². The van der Waals surface area contributed by atoms with Gasteiger partial charge in [0, 0.05) is 6.61 Å². The summed E-state index contributed by atoms with van der Waals surface area (Å²) in [5.74, 6) is 0.613. The summed E-state index contributed by atoms with van der Waals surface area (Å²) < 4.78 is 5.45. The molecule has 0 N–H and O–H groups in total. The van der Waals surface area contributed by atoms with Crippen LogP contribution < -0.4 is 0 Å².